The molecule has 6 aromatic rings. The van der Waals surface area contributed by atoms with Crippen LogP contribution in [0.2, 0.25) is 0 Å². The Morgan fingerprint density at radius 2 is 1.09 bits per heavy atom. The third-order valence-electron chi connectivity index (χ3n) is 9.71. The lowest BCUT2D eigenvalue weighted by molar-refractivity contribution is 0.434. The maximum absolute atomic E-state index is 6.63. The van der Waals surface area contributed by atoms with E-state index in [2.05, 4.69) is 179 Å². The molecule has 0 bridgehead atoms. The molecule has 2 heterocycles. The summed E-state index contributed by atoms with van der Waals surface area (Å²) in [6.45, 7) is 0. The normalized spacial score (nSPS) is 15.5. The molecule has 9 rings (SSSR count). The molecular weight excluding hydrogens is 626 g/mol. The van der Waals surface area contributed by atoms with Crippen molar-refractivity contribution in [3.8, 4) is 22.6 Å². The van der Waals surface area contributed by atoms with E-state index in [9.17, 15) is 0 Å². The van der Waals surface area contributed by atoms with Gasteiger partial charge in [0.25, 0.3) is 0 Å². The van der Waals surface area contributed by atoms with Gasteiger partial charge in [-0.2, -0.15) is 0 Å². The Hall–Kier alpha value is -5.12. The lowest BCUT2D eigenvalue weighted by atomic mass is 9.61. The van der Waals surface area contributed by atoms with Crippen molar-refractivity contribution in [2.24, 2.45) is 0 Å². The number of ether oxygens (including phenoxy) is 1. The first-order chi connectivity index (χ1) is 22.7. The van der Waals surface area contributed by atoms with Crippen LogP contribution in [0.25, 0.3) is 16.7 Å². The second-order valence-corrected chi connectivity index (χ2v) is 13.1. The van der Waals surface area contributed by atoms with Crippen molar-refractivity contribution in [1.29, 1.82) is 0 Å². The van der Waals surface area contributed by atoms with Crippen molar-refractivity contribution in [3.05, 3.63) is 196 Å². The van der Waals surface area contributed by atoms with E-state index in [4.69, 9.17) is 4.74 Å². The number of anilines is 2. The van der Waals surface area contributed by atoms with Gasteiger partial charge in [-0.3, -0.25) is 0 Å². The molecule has 6 aromatic carbocycles. The minimum absolute atomic E-state index is 0.596. The molecule has 1 spiro atoms. The fraction of sp³-hybridized carbons (Fsp3) is 0.0698. The highest BCUT2D eigenvalue weighted by molar-refractivity contribution is 9.10. The van der Waals surface area contributed by atoms with E-state index < -0.39 is 5.41 Å². The number of fused-ring (bicyclic) bond motifs is 8. The van der Waals surface area contributed by atoms with E-state index in [1.54, 1.807) is 0 Å². The van der Waals surface area contributed by atoms with Crippen LogP contribution in [0.5, 0.6) is 11.5 Å². The topological polar surface area (TPSA) is 12.5 Å². The van der Waals surface area contributed by atoms with Gasteiger partial charge in [0.15, 0.2) is 0 Å². The minimum Gasteiger partial charge on any atom is -0.457 e. The van der Waals surface area contributed by atoms with Crippen molar-refractivity contribution in [2.45, 2.75) is 18.3 Å². The number of benzene rings is 6. The molecule has 2 nitrogen and oxygen atoms in total. The van der Waals surface area contributed by atoms with E-state index in [-0.39, 0.29) is 0 Å². The highest BCUT2D eigenvalue weighted by atomic mass is 79.9. The van der Waals surface area contributed by atoms with Crippen LogP contribution in [-0.4, -0.2) is 0 Å². The van der Waals surface area contributed by atoms with Crippen LogP contribution < -0.4 is 9.64 Å². The lowest BCUT2D eigenvalue weighted by Crippen LogP contribution is -2.40. The molecule has 0 N–H and O–H groups in total. The summed E-state index contributed by atoms with van der Waals surface area (Å²) in [7, 11) is 0. The summed E-state index contributed by atoms with van der Waals surface area (Å²) in [5, 5.41) is 0. The first-order valence-corrected chi connectivity index (χ1v) is 16.6. The van der Waals surface area contributed by atoms with Gasteiger partial charge in [-0.1, -0.05) is 125 Å². The van der Waals surface area contributed by atoms with Crippen molar-refractivity contribution < 1.29 is 4.74 Å². The first-order valence-electron chi connectivity index (χ1n) is 15.8. The van der Waals surface area contributed by atoms with E-state index >= 15 is 0 Å². The quantitative estimate of drug-likeness (QED) is 0.188. The molecule has 46 heavy (non-hydrogen) atoms. The van der Waals surface area contributed by atoms with E-state index in [1.807, 2.05) is 0 Å². The predicted octanol–water partition coefficient (Wildman–Crippen LogP) is 11.8. The summed E-state index contributed by atoms with van der Waals surface area (Å²) >= 11 is 3.89. The molecule has 0 aromatic heterocycles. The lowest BCUT2D eigenvalue weighted by Gasteiger charge is -2.49. The van der Waals surface area contributed by atoms with Gasteiger partial charge in [0.2, 0.25) is 0 Å². The molecule has 220 valence electrons. The molecule has 0 amide bonds. The first kappa shape index (κ1) is 27.2. The Kier molecular flexibility index (Phi) is 6.36. The molecule has 0 atom stereocenters. The summed E-state index contributed by atoms with van der Waals surface area (Å²) < 4.78 is 7.69. The molecule has 0 saturated heterocycles. The third kappa shape index (κ3) is 4.08. The largest absolute Gasteiger partial charge is 0.457 e. The second-order valence-electron chi connectivity index (χ2n) is 12.2. The molecule has 3 heteroatoms. The van der Waals surface area contributed by atoms with Crippen molar-refractivity contribution in [1.82, 2.24) is 0 Å². The van der Waals surface area contributed by atoms with Gasteiger partial charge in [-0.15, -0.1) is 0 Å². The van der Waals surface area contributed by atoms with Crippen LogP contribution in [0, 0.1) is 0 Å². The maximum atomic E-state index is 6.63. The number of hydrogen-bond donors (Lipinski definition) is 0. The highest BCUT2D eigenvalue weighted by Crippen LogP contribution is 2.63. The van der Waals surface area contributed by atoms with Gasteiger partial charge < -0.3 is 9.64 Å². The van der Waals surface area contributed by atoms with Crippen LogP contribution >= 0.6 is 15.9 Å². The zero-order chi connectivity index (χ0) is 30.7. The van der Waals surface area contributed by atoms with Gasteiger partial charge in [-0.25, -0.2) is 0 Å². The summed E-state index contributed by atoms with van der Waals surface area (Å²) in [4.78, 5) is 2.51. The fourth-order valence-electron chi connectivity index (χ4n) is 7.71. The number of allylic oxidation sites excluding steroid dienone is 4. The van der Waals surface area contributed by atoms with Crippen molar-refractivity contribution >= 4 is 32.9 Å². The Morgan fingerprint density at radius 3 is 1.74 bits per heavy atom. The fourth-order valence-corrected chi connectivity index (χ4v) is 8.07. The minimum atomic E-state index is -0.596. The summed E-state index contributed by atoms with van der Waals surface area (Å²) in [5.74, 6) is 1.79. The van der Waals surface area contributed by atoms with Crippen LogP contribution in [-0.2, 0) is 5.41 Å². The van der Waals surface area contributed by atoms with Gasteiger partial charge in [0.05, 0.1) is 16.8 Å². The summed E-state index contributed by atoms with van der Waals surface area (Å²) in [6.07, 6.45) is 6.57. The maximum Gasteiger partial charge on any atom is 0.132 e. The van der Waals surface area contributed by atoms with Crippen LogP contribution in [0.15, 0.2) is 168 Å². The number of hydrogen-bond acceptors (Lipinski definition) is 2. The molecule has 0 saturated carbocycles. The smallest absolute Gasteiger partial charge is 0.132 e. The van der Waals surface area contributed by atoms with Crippen LogP contribution in [0.4, 0.5) is 11.4 Å². The number of nitrogens with zero attached hydrogens (tertiary/aromatic N) is 1. The van der Waals surface area contributed by atoms with Crippen LogP contribution in [0.3, 0.4) is 0 Å². The third-order valence-corrected chi connectivity index (χ3v) is 10.2. The van der Waals surface area contributed by atoms with E-state index in [0.717, 1.165) is 39.9 Å². The molecule has 3 aliphatic rings. The molecule has 1 aliphatic carbocycles. The predicted molar refractivity (Wildman–Crippen MR) is 192 cm³/mol. The van der Waals surface area contributed by atoms with Gasteiger partial charge in [0, 0.05) is 21.3 Å². The SMILES string of the molecule is Brc1ccc2c(c1)C1(c3ccccc3Oc3ccccc31)c1cc(-c3ccccc3)ccc1N2C1=CC=C(c2ccccc2)CC1. The van der Waals surface area contributed by atoms with Gasteiger partial charge in [-0.05, 0) is 94.8 Å². The second kappa shape index (κ2) is 10.8. The number of para-hydroxylation sites is 2. The van der Waals surface area contributed by atoms with E-state index in [0.29, 0.717) is 0 Å². The Balaban J connectivity index is 1.36. The Bertz CT molecular complexity index is 2150. The molecule has 2 aliphatic heterocycles. The molecular formula is C43H30BrNO. The standard InChI is InChI=1S/C43H30BrNO/c44-33-22-26-40-38(28-33)43(35-15-7-9-17-41(35)46-42-18-10-8-16-36(42)43)37-27-32(30-13-5-2-6-14-30)21-25-39(37)45(40)34-23-19-31(20-24-34)29-11-3-1-4-12-29/h1-19,21-23,25-28H,20,24H2. The Morgan fingerprint density at radius 1 is 0.500 bits per heavy atom. The zero-order valence-electron chi connectivity index (χ0n) is 25.2. The number of rotatable bonds is 3. The van der Waals surface area contributed by atoms with Crippen molar-refractivity contribution in [3.63, 3.8) is 0 Å². The van der Waals surface area contributed by atoms with Gasteiger partial charge >= 0.3 is 0 Å². The molecule has 0 fully saturated rings. The average Bonchev–Trinajstić information content (AvgIpc) is 3.12. The van der Waals surface area contributed by atoms with Crippen LogP contribution in [0.1, 0.15) is 40.7 Å². The monoisotopic (exact) mass is 655 g/mol. The zero-order valence-corrected chi connectivity index (χ0v) is 26.7. The average molecular weight is 657 g/mol. The van der Waals surface area contributed by atoms with Crippen molar-refractivity contribution in [2.75, 3.05) is 4.90 Å². The number of halogens is 1. The van der Waals surface area contributed by atoms with Gasteiger partial charge in [0.1, 0.15) is 11.5 Å². The van der Waals surface area contributed by atoms with E-state index in [1.165, 1.54) is 50.5 Å². The summed E-state index contributed by atoms with van der Waals surface area (Å²) in [5.41, 5.74) is 13.0. The summed E-state index contributed by atoms with van der Waals surface area (Å²) in [6, 6.07) is 52.4. The molecule has 0 unspecified atom stereocenters. The molecule has 0 radical (unpaired) electrons. The Labute approximate surface area is 278 Å². The highest BCUT2D eigenvalue weighted by Gasteiger charge is 2.51.